The molecule has 21 heavy (non-hydrogen) atoms. The van der Waals surface area contributed by atoms with Crippen LogP contribution in [0.25, 0.3) is 0 Å². The molecule has 1 unspecified atom stereocenters. The van der Waals surface area contributed by atoms with Gasteiger partial charge < -0.3 is 14.8 Å². The minimum Gasteiger partial charge on any atom is -0.489 e. The summed E-state index contributed by atoms with van der Waals surface area (Å²) in [6, 6.07) is 8.43. The van der Waals surface area contributed by atoms with E-state index in [1.54, 1.807) is 14.2 Å². The minimum absolute atomic E-state index is 0.0171. The fourth-order valence-corrected chi connectivity index (χ4v) is 2.77. The summed E-state index contributed by atoms with van der Waals surface area (Å²) in [5.74, 6) is 1.66. The van der Waals surface area contributed by atoms with Crippen LogP contribution < -0.4 is 14.8 Å². The Labute approximate surface area is 124 Å². The van der Waals surface area contributed by atoms with Gasteiger partial charge in [-0.05, 0) is 30.4 Å². The van der Waals surface area contributed by atoms with Gasteiger partial charge in [0.15, 0.2) is 5.82 Å². The van der Waals surface area contributed by atoms with Crippen molar-refractivity contribution in [3.63, 3.8) is 0 Å². The van der Waals surface area contributed by atoms with E-state index in [-0.39, 0.29) is 6.10 Å². The molecule has 1 atom stereocenters. The summed E-state index contributed by atoms with van der Waals surface area (Å²) in [6.07, 6.45) is 4.72. The van der Waals surface area contributed by atoms with Gasteiger partial charge in [0.2, 0.25) is 5.75 Å². The fraction of sp³-hybridized carbons (Fsp3) is 0.375. The third-order valence-electron chi connectivity index (χ3n) is 3.78. The molecule has 0 spiro atoms. The van der Waals surface area contributed by atoms with E-state index in [0.29, 0.717) is 17.4 Å². The maximum atomic E-state index is 6.13. The van der Waals surface area contributed by atoms with Gasteiger partial charge in [-0.15, -0.1) is 0 Å². The molecule has 1 aromatic carbocycles. The highest BCUT2D eigenvalue weighted by Gasteiger charge is 2.24. The van der Waals surface area contributed by atoms with Crippen molar-refractivity contribution in [1.82, 2.24) is 9.97 Å². The first-order valence-electron chi connectivity index (χ1n) is 7.14. The first-order valence-corrected chi connectivity index (χ1v) is 7.14. The SMILES string of the molecule is CNc1ncnc(OC2CCCc3ccccc32)c1OC. The Morgan fingerprint density at radius 3 is 2.90 bits per heavy atom. The first-order chi connectivity index (χ1) is 10.3. The molecule has 5 heteroatoms. The van der Waals surface area contributed by atoms with Crippen LogP contribution in [0.3, 0.4) is 0 Å². The zero-order chi connectivity index (χ0) is 14.7. The molecule has 0 bridgehead atoms. The molecule has 0 saturated carbocycles. The molecule has 1 aromatic heterocycles. The lowest BCUT2D eigenvalue weighted by molar-refractivity contribution is 0.168. The van der Waals surface area contributed by atoms with Crippen molar-refractivity contribution in [3.8, 4) is 11.6 Å². The van der Waals surface area contributed by atoms with E-state index in [1.807, 2.05) is 0 Å². The number of hydrogen-bond donors (Lipinski definition) is 1. The summed E-state index contributed by atoms with van der Waals surface area (Å²) in [4.78, 5) is 8.37. The van der Waals surface area contributed by atoms with Gasteiger partial charge in [-0.2, -0.15) is 4.98 Å². The van der Waals surface area contributed by atoms with E-state index < -0.39 is 0 Å². The third-order valence-corrected chi connectivity index (χ3v) is 3.78. The number of fused-ring (bicyclic) bond motifs is 1. The molecule has 2 aromatic rings. The van der Waals surface area contributed by atoms with Gasteiger partial charge in [0.25, 0.3) is 5.88 Å². The van der Waals surface area contributed by atoms with Crippen molar-refractivity contribution in [2.45, 2.75) is 25.4 Å². The smallest absolute Gasteiger partial charge is 0.263 e. The number of hydrogen-bond acceptors (Lipinski definition) is 5. The molecular formula is C16H19N3O2. The van der Waals surface area contributed by atoms with Gasteiger partial charge in [0.1, 0.15) is 12.4 Å². The van der Waals surface area contributed by atoms with Gasteiger partial charge in [-0.3, -0.25) is 0 Å². The van der Waals surface area contributed by atoms with Gasteiger partial charge in [0.05, 0.1) is 7.11 Å². The van der Waals surface area contributed by atoms with E-state index in [9.17, 15) is 0 Å². The Morgan fingerprint density at radius 2 is 2.10 bits per heavy atom. The monoisotopic (exact) mass is 285 g/mol. The van der Waals surface area contributed by atoms with Crippen LogP contribution in [0.2, 0.25) is 0 Å². The fourth-order valence-electron chi connectivity index (χ4n) is 2.77. The number of benzene rings is 1. The van der Waals surface area contributed by atoms with Crippen LogP contribution in [0.1, 0.15) is 30.1 Å². The summed E-state index contributed by atoms with van der Waals surface area (Å²) in [5.41, 5.74) is 2.60. The number of anilines is 1. The second-order valence-electron chi connectivity index (χ2n) is 5.01. The van der Waals surface area contributed by atoms with Gasteiger partial charge >= 0.3 is 0 Å². The maximum absolute atomic E-state index is 6.13. The lowest BCUT2D eigenvalue weighted by Crippen LogP contribution is -2.16. The second-order valence-corrected chi connectivity index (χ2v) is 5.01. The Morgan fingerprint density at radius 1 is 1.24 bits per heavy atom. The van der Waals surface area contributed by atoms with Crippen molar-refractivity contribution in [2.75, 3.05) is 19.5 Å². The lowest BCUT2D eigenvalue weighted by atomic mass is 9.89. The Balaban J connectivity index is 1.92. The summed E-state index contributed by atoms with van der Waals surface area (Å²) in [5, 5.41) is 2.99. The van der Waals surface area contributed by atoms with Crippen molar-refractivity contribution in [2.24, 2.45) is 0 Å². The van der Waals surface area contributed by atoms with Crippen LogP contribution >= 0.6 is 0 Å². The predicted octanol–water partition coefficient (Wildman–Crippen LogP) is 2.98. The average molecular weight is 285 g/mol. The van der Waals surface area contributed by atoms with E-state index in [4.69, 9.17) is 9.47 Å². The molecule has 110 valence electrons. The molecule has 5 nitrogen and oxygen atoms in total. The molecule has 1 N–H and O–H groups in total. The number of ether oxygens (including phenoxy) is 2. The van der Waals surface area contributed by atoms with Crippen LogP contribution in [0, 0.1) is 0 Å². The molecular weight excluding hydrogens is 266 g/mol. The molecule has 0 fully saturated rings. The Bertz CT molecular complexity index is 631. The summed E-state index contributed by atoms with van der Waals surface area (Å²) < 4.78 is 11.5. The summed E-state index contributed by atoms with van der Waals surface area (Å²) in [6.45, 7) is 0. The molecule has 1 heterocycles. The van der Waals surface area contributed by atoms with Crippen LogP contribution in [-0.4, -0.2) is 24.1 Å². The molecule has 1 aliphatic carbocycles. The van der Waals surface area contributed by atoms with Crippen molar-refractivity contribution < 1.29 is 9.47 Å². The maximum Gasteiger partial charge on any atom is 0.263 e. The number of aryl methyl sites for hydroxylation is 1. The van der Waals surface area contributed by atoms with Crippen LogP contribution in [-0.2, 0) is 6.42 Å². The molecule has 0 saturated heterocycles. The molecule has 0 radical (unpaired) electrons. The first kappa shape index (κ1) is 13.7. The normalized spacial score (nSPS) is 17.0. The van der Waals surface area contributed by atoms with E-state index in [2.05, 4.69) is 39.6 Å². The Kier molecular flexibility index (Phi) is 3.90. The lowest BCUT2D eigenvalue weighted by Gasteiger charge is -2.26. The molecule has 3 rings (SSSR count). The summed E-state index contributed by atoms with van der Waals surface area (Å²) in [7, 11) is 3.39. The summed E-state index contributed by atoms with van der Waals surface area (Å²) >= 11 is 0. The second kappa shape index (κ2) is 5.99. The highest BCUT2D eigenvalue weighted by molar-refractivity contribution is 5.54. The minimum atomic E-state index is 0.0171. The zero-order valence-electron chi connectivity index (χ0n) is 12.3. The molecule has 0 aliphatic heterocycles. The van der Waals surface area contributed by atoms with Crippen molar-refractivity contribution in [1.29, 1.82) is 0 Å². The number of nitrogens with zero attached hydrogens (tertiary/aromatic N) is 2. The molecule has 0 amide bonds. The van der Waals surface area contributed by atoms with Crippen LogP contribution in [0.5, 0.6) is 11.6 Å². The average Bonchev–Trinajstić information content (AvgIpc) is 2.55. The largest absolute Gasteiger partial charge is 0.489 e. The highest BCUT2D eigenvalue weighted by atomic mass is 16.5. The highest BCUT2D eigenvalue weighted by Crippen LogP contribution is 2.37. The third kappa shape index (κ3) is 2.63. The number of methoxy groups -OCH3 is 1. The van der Waals surface area contributed by atoms with E-state index in [0.717, 1.165) is 19.3 Å². The van der Waals surface area contributed by atoms with Crippen LogP contribution in [0.4, 0.5) is 5.82 Å². The number of nitrogens with one attached hydrogen (secondary N) is 1. The predicted molar refractivity (Wildman–Crippen MR) is 80.9 cm³/mol. The molecule has 1 aliphatic rings. The van der Waals surface area contributed by atoms with Gasteiger partial charge in [-0.25, -0.2) is 4.98 Å². The van der Waals surface area contributed by atoms with Gasteiger partial charge in [0, 0.05) is 7.05 Å². The number of rotatable bonds is 4. The van der Waals surface area contributed by atoms with Crippen molar-refractivity contribution in [3.05, 3.63) is 41.7 Å². The van der Waals surface area contributed by atoms with Gasteiger partial charge in [-0.1, -0.05) is 24.3 Å². The van der Waals surface area contributed by atoms with Crippen molar-refractivity contribution >= 4 is 5.82 Å². The number of aromatic nitrogens is 2. The van der Waals surface area contributed by atoms with E-state index >= 15 is 0 Å². The van der Waals surface area contributed by atoms with Crippen LogP contribution in [0.15, 0.2) is 30.6 Å². The zero-order valence-corrected chi connectivity index (χ0v) is 12.3. The quantitative estimate of drug-likeness (QED) is 0.936. The topological polar surface area (TPSA) is 56.3 Å². The Hall–Kier alpha value is -2.30. The van der Waals surface area contributed by atoms with E-state index in [1.165, 1.54) is 17.5 Å². The standard InChI is InChI=1S/C16H19N3O2/c1-17-15-14(20-2)16(19-10-18-15)21-13-9-5-7-11-6-3-4-8-12(11)13/h3-4,6,8,10,13H,5,7,9H2,1-2H3,(H,17,18,19).